The predicted octanol–water partition coefficient (Wildman–Crippen LogP) is -0.253. The summed E-state index contributed by atoms with van der Waals surface area (Å²) >= 11 is 0. The van der Waals surface area contributed by atoms with Crippen LogP contribution in [0.5, 0.6) is 0 Å². The van der Waals surface area contributed by atoms with Gasteiger partial charge in [-0.25, -0.2) is 0 Å². The van der Waals surface area contributed by atoms with E-state index >= 15 is 0 Å². The van der Waals surface area contributed by atoms with Crippen LogP contribution in [0.4, 0.5) is 0 Å². The highest BCUT2D eigenvalue weighted by Gasteiger charge is 2.12. The lowest BCUT2D eigenvalue weighted by molar-refractivity contribution is 0.0801. The molecular weight excluding hydrogens is 130 g/mol. The number of nitrogens with one attached hydrogen (secondary N) is 1. The van der Waals surface area contributed by atoms with Crippen molar-refractivity contribution in [2.45, 2.75) is 18.9 Å². The van der Waals surface area contributed by atoms with Crippen molar-refractivity contribution < 1.29 is 9.84 Å². The Kier molecular flexibility index (Phi) is 3.72. The minimum atomic E-state index is 0.132. The smallest absolute Gasteiger partial charge is 0.0698 e. The van der Waals surface area contributed by atoms with Crippen molar-refractivity contribution in [2.24, 2.45) is 0 Å². The van der Waals surface area contributed by atoms with Gasteiger partial charge >= 0.3 is 0 Å². The lowest BCUT2D eigenvalue weighted by Gasteiger charge is -2.08. The van der Waals surface area contributed by atoms with Gasteiger partial charge < -0.3 is 15.2 Å². The molecule has 1 saturated heterocycles. The maximum atomic E-state index is 8.39. The van der Waals surface area contributed by atoms with Gasteiger partial charge in [0.1, 0.15) is 0 Å². The molecule has 1 aliphatic heterocycles. The van der Waals surface area contributed by atoms with Crippen LogP contribution in [0.25, 0.3) is 0 Å². The van der Waals surface area contributed by atoms with Gasteiger partial charge in [-0.15, -0.1) is 0 Å². The van der Waals surface area contributed by atoms with E-state index in [1.54, 1.807) is 0 Å². The second-order valence-corrected chi connectivity index (χ2v) is 2.59. The molecule has 1 fully saturated rings. The van der Waals surface area contributed by atoms with Crippen molar-refractivity contribution in [3.8, 4) is 0 Å². The molecule has 0 saturated carbocycles. The third-order valence-electron chi connectivity index (χ3n) is 1.72. The summed E-state index contributed by atoms with van der Waals surface area (Å²) in [6.07, 6.45) is 2.47. The molecule has 1 unspecified atom stereocenters. The van der Waals surface area contributed by atoms with Crippen LogP contribution >= 0.6 is 0 Å². The molecule has 10 heavy (non-hydrogen) atoms. The fraction of sp³-hybridized carbons (Fsp3) is 1.00. The number of rotatable bonds is 4. The van der Waals surface area contributed by atoms with Gasteiger partial charge in [-0.3, -0.25) is 0 Å². The average Bonchev–Trinajstić information content (AvgIpc) is 2.41. The molecule has 0 amide bonds. The second-order valence-electron chi connectivity index (χ2n) is 2.59. The highest BCUT2D eigenvalue weighted by Crippen LogP contribution is 2.04. The largest absolute Gasteiger partial charge is 0.394 e. The molecule has 60 valence electrons. The SMILES string of the molecule is OCCOCC1CCCN1. The standard InChI is InChI=1S/C7H15NO2/c9-4-5-10-6-7-2-1-3-8-7/h7-9H,1-6H2. The van der Waals surface area contributed by atoms with Gasteiger partial charge in [-0.1, -0.05) is 0 Å². The molecule has 3 heteroatoms. The minimum Gasteiger partial charge on any atom is -0.394 e. The predicted molar refractivity (Wildman–Crippen MR) is 38.9 cm³/mol. The Hall–Kier alpha value is -0.120. The Labute approximate surface area is 61.4 Å². The summed E-state index contributed by atoms with van der Waals surface area (Å²) in [5.41, 5.74) is 0. The van der Waals surface area contributed by atoms with Crippen LogP contribution in [0.1, 0.15) is 12.8 Å². The summed E-state index contributed by atoms with van der Waals surface area (Å²) in [7, 11) is 0. The lowest BCUT2D eigenvalue weighted by atomic mass is 10.2. The first-order chi connectivity index (χ1) is 4.93. The molecule has 0 aromatic carbocycles. The van der Waals surface area contributed by atoms with Gasteiger partial charge in [0, 0.05) is 6.04 Å². The van der Waals surface area contributed by atoms with Crippen molar-refractivity contribution >= 4 is 0 Å². The number of hydrogen-bond donors (Lipinski definition) is 2. The Balaban J connectivity index is 1.91. The van der Waals surface area contributed by atoms with Gasteiger partial charge in [0.2, 0.25) is 0 Å². The van der Waals surface area contributed by atoms with Crippen LogP contribution in [0.15, 0.2) is 0 Å². The third kappa shape index (κ3) is 2.64. The number of hydrogen-bond acceptors (Lipinski definition) is 3. The second kappa shape index (κ2) is 4.66. The lowest BCUT2D eigenvalue weighted by Crippen LogP contribution is -2.27. The molecule has 0 bridgehead atoms. The van der Waals surface area contributed by atoms with Crippen LogP contribution < -0.4 is 5.32 Å². The molecule has 1 heterocycles. The summed E-state index contributed by atoms with van der Waals surface area (Å²) in [5.74, 6) is 0. The average molecular weight is 145 g/mol. The maximum Gasteiger partial charge on any atom is 0.0698 e. The van der Waals surface area contributed by atoms with E-state index in [-0.39, 0.29) is 6.61 Å². The molecule has 1 atom stereocenters. The first-order valence-electron chi connectivity index (χ1n) is 3.85. The minimum absolute atomic E-state index is 0.132. The van der Waals surface area contributed by atoms with Crippen molar-refractivity contribution in [3.05, 3.63) is 0 Å². The summed E-state index contributed by atoms with van der Waals surface area (Å²) < 4.78 is 5.15. The van der Waals surface area contributed by atoms with E-state index in [9.17, 15) is 0 Å². The fourth-order valence-electron chi connectivity index (χ4n) is 1.19. The van der Waals surface area contributed by atoms with Gasteiger partial charge in [-0.05, 0) is 19.4 Å². The first kappa shape index (κ1) is 7.98. The van der Waals surface area contributed by atoms with E-state index in [0.717, 1.165) is 13.2 Å². The molecule has 0 aromatic heterocycles. The zero-order chi connectivity index (χ0) is 7.23. The Morgan fingerprint density at radius 1 is 1.60 bits per heavy atom. The number of aliphatic hydroxyl groups excluding tert-OH is 1. The van der Waals surface area contributed by atoms with Crippen LogP contribution in [-0.4, -0.2) is 37.5 Å². The Morgan fingerprint density at radius 2 is 2.50 bits per heavy atom. The van der Waals surface area contributed by atoms with E-state index in [4.69, 9.17) is 9.84 Å². The molecule has 0 spiro atoms. The van der Waals surface area contributed by atoms with Gasteiger partial charge in [-0.2, -0.15) is 0 Å². The van der Waals surface area contributed by atoms with Crippen molar-refractivity contribution in [1.82, 2.24) is 5.32 Å². The quantitative estimate of drug-likeness (QED) is 0.536. The van der Waals surface area contributed by atoms with Crippen LogP contribution in [0.3, 0.4) is 0 Å². The summed E-state index contributed by atoms with van der Waals surface area (Å²) in [6.45, 7) is 2.47. The van der Waals surface area contributed by atoms with E-state index in [0.29, 0.717) is 12.6 Å². The first-order valence-corrected chi connectivity index (χ1v) is 3.85. The molecule has 0 aromatic rings. The van der Waals surface area contributed by atoms with Gasteiger partial charge in [0.15, 0.2) is 0 Å². The van der Waals surface area contributed by atoms with Crippen molar-refractivity contribution in [3.63, 3.8) is 0 Å². The summed E-state index contributed by atoms with van der Waals surface area (Å²) in [5, 5.41) is 11.7. The molecule has 0 radical (unpaired) electrons. The van der Waals surface area contributed by atoms with Crippen LogP contribution in [0.2, 0.25) is 0 Å². The van der Waals surface area contributed by atoms with E-state index in [1.165, 1.54) is 12.8 Å². The maximum absolute atomic E-state index is 8.39. The topological polar surface area (TPSA) is 41.5 Å². The summed E-state index contributed by atoms with van der Waals surface area (Å²) in [6, 6.07) is 0.534. The number of aliphatic hydroxyl groups is 1. The highest BCUT2D eigenvalue weighted by molar-refractivity contribution is 4.72. The molecular formula is C7H15NO2. The third-order valence-corrected chi connectivity index (χ3v) is 1.72. The molecule has 1 rings (SSSR count). The Bertz CT molecular complexity index is 81.7. The summed E-state index contributed by atoms with van der Waals surface area (Å²) in [4.78, 5) is 0. The van der Waals surface area contributed by atoms with Gasteiger partial charge in [0.25, 0.3) is 0 Å². The normalized spacial score (nSPS) is 25.5. The molecule has 3 nitrogen and oxygen atoms in total. The van der Waals surface area contributed by atoms with Crippen molar-refractivity contribution in [2.75, 3.05) is 26.4 Å². The van der Waals surface area contributed by atoms with Crippen molar-refractivity contribution in [1.29, 1.82) is 0 Å². The zero-order valence-electron chi connectivity index (χ0n) is 6.18. The fourth-order valence-corrected chi connectivity index (χ4v) is 1.19. The van der Waals surface area contributed by atoms with E-state index in [1.807, 2.05) is 0 Å². The molecule has 2 N–H and O–H groups in total. The van der Waals surface area contributed by atoms with Gasteiger partial charge in [0.05, 0.1) is 19.8 Å². The molecule has 1 aliphatic rings. The van der Waals surface area contributed by atoms with Crippen LogP contribution in [-0.2, 0) is 4.74 Å². The number of ether oxygens (including phenoxy) is 1. The highest BCUT2D eigenvalue weighted by atomic mass is 16.5. The monoisotopic (exact) mass is 145 g/mol. The molecule has 0 aliphatic carbocycles. The van der Waals surface area contributed by atoms with E-state index < -0.39 is 0 Å². The van der Waals surface area contributed by atoms with E-state index in [2.05, 4.69) is 5.32 Å². The van der Waals surface area contributed by atoms with Crippen LogP contribution in [0, 0.1) is 0 Å². The zero-order valence-corrected chi connectivity index (χ0v) is 6.18. The Morgan fingerprint density at radius 3 is 3.10 bits per heavy atom.